The van der Waals surface area contributed by atoms with Crippen LogP contribution in [0.2, 0.25) is 10.0 Å². The van der Waals surface area contributed by atoms with Crippen LogP contribution in [-0.4, -0.2) is 52.0 Å². The van der Waals surface area contributed by atoms with Crippen molar-refractivity contribution in [1.82, 2.24) is 15.0 Å². The molecular weight excluding hydrogens is 539 g/mol. The number of rotatable bonds is 7. The molecule has 39 heavy (non-hydrogen) atoms. The average Bonchev–Trinajstić information content (AvgIpc) is 3.39. The number of carbonyl (C=O) groups is 1. The van der Waals surface area contributed by atoms with Crippen molar-refractivity contribution in [2.24, 2.45) is 0 Å². The second-order valence-corrected chi connectivity index (χ2v) is 9.95. The van der Waals surface area contributed by atoms with Gasteiger partial charge in [0.25, 0.3) is 5.91 Å². The van der Waals surface area contributed by atoms with E-state index in [1.165, 1.54) is 6.08 Å². The van der Waals surface area contributed by atoms with E-state index < -0.39 is 16.5 Å². The molecule has 1 aromatic heterocycles. The van der Waals surface area contributed by atoms with Gasteiger partial charge in [-0.25, -0.2) is 0 Å². The molecule has 1 fully saturated rings. The van der Waals surface area contributed by atoms with Crippen LogP contribution >= 0.6 is 23.2 Å². The van der Waals surface area contributed by atoms with Gasteiger partial charge in [0.15, 0.2) is 0 Å². The van der Waals surface area contributed by atoms with Gasteiger partial charge in [-0.3, -0.25) is 19.8 Å². The predicted octanol–water partition coefficient (Wildman–Crippen LogP) is 6.61. The van der Waals surface area contributed by atoms with E-state index in [1.54, 1.807) is 11.0 Å². The van der Waals surface area contributed by atoms with E-state index in [9.17, 15) is 14.9 Å². The van der Waals surface area contributed by atoms with Crippen LogP contribution in [0, 0.1) is 10.1 Å². The molecule has 0 aliphatic carbocycles. The molecule has 198 valence electrons. The average molecular weight is 563 g/mol. The van der Waals surface area contributed by atoms with Crippen LogP contribution < -0.4 is 0 Å². The molecule has 1 saturated heterocycles. The SMILES string of the molecule is O=C(c1noc(/C=C/c2ccccc2)c1[N+](=O)[O-])N1CCN(C(c2ccc(Cl)cc2)c2ccc(Cl)cc2)CC1. The number of carbonyl (C=O) groups excluding carboxylic acids is 1. The van der Waals surface area contributed by atoms with Crippen molar-refractivity contribution in [1.29, 1.82) is 0 Å². The van der Waals surface area contributed by atoms with E-state index in [1.807, 2.05) is 78.9 Å². The predicted molar refractivity (Wildman–Crippen MR) is 151 cm³/mol. The highest BCUT2D eigenvalue weighted by Crippen LogP contribution is 2.32. The Bertz CT molecular complexity index is 1430. The lowest BCUT2D eigenvalue weighted by atomic mass is 9.96. The minimum atomic E-state index is -0.623. The van der Waals surface area contributed by atoms with E-state index in [0.29, 0.717) is 36.2 Å². The van der Waals surface area contributed by atoms with E-state index >= 15 is 0 Å². The normalized spacial score (nSPS) is 14.3. The van der Waals surface area contributed by atoms with E-state index in [-0.39, 0.29) is 17.5 Å². The Kier molecular flexibility index (Phi) is 8.07. The summed E-state index contributed by atoms with van der Waals surface area (Å²) in [6, 6.07) is 24.6. The van der Waals surface area contributed by atoms with Crippen molar-refractivity contribution >= 4 is 46.9 Å². The first-order valence-corrected chi connectivity index (χ1v) is 13.1. The number of piperazine rings is 1. The van der Waals surface area contributed by atoms with Gasteiger partial charge in [-0.15, -0.1) is 0 Å². The zero-order valence-corrected chi connectivity index (χ0v) is 22.3. The van der Waals surface area contributed by atoms with E-state index in [2.05, 4.69) is 10.1 Å². The lowest BCUT2D eigenvalue weighted by molar-refractivity contribution is -0.385. The minimum Gasteiger partial charge on any atom is -0.348 e. The molecule has 1 amide bonds. The number of halogens is 2. The van der Waals surface area contributed by atoms with Crippen LogP contribution in [0.5, 0.6) is 0 Å². The largest absolute Gasteiger partial charge is 0.348 e. The smallest absolute Gasteiger partial charge is 0.348 e. The standard InChI is InChI=1S/C29H24Cl2N4O4/c30-23-11-7-21(8-12-23)27(22-9-13-24(31)14-10-22)33-16-18-34(19-17-33)29(36)26-28(35(37)38)25(39-32-26)15-6-20-4-2-1-3-5-20/h1-15,27H,16-19H2/b15-6+. The second kappa shape index (κ2) is 11.8. The van der Waals surface area contributed by atoms with Crippen molar-refractivity contribution in [3.63, 3.8) is 0 Å². The summed E-state index contributed by atoms with van der Waals surface area (Å²) in [6.07, 6.45) is 3.13. The molecule has 1 aliphatic rings. The Hall–Kier alpha value is -3.98. The summed E-state index contributed by atoms with van der Waals surface area (Å²) in [5.41, 5.74) is 2.22. The number of hydrogen-bond donors (Lipinski definition) is 0. The third-order valence-corrected chi connectivity index (χ3v) is 7.15. The maximum Gasteiger partial charge on any atom is 0.348 e. The third kappa shape index (κ3) is 6.04. The molecule has 4 aromatic rings. The number of hydrogen-bond acceptors (Lipinski definition) is 6. The molecule has 3 aromatic carbocycles. The fourth-order valence-corrected chi connectivity index (χ4v) is 4.95. The summed E-state index contributed by atoms with van der Waals surface area (Å²) in [6.45, 7) is 1.84. The second-order valence-electron chi connectivity index (χ2n) is 9.08. The first-order valence-electron chi connectivity index (χ1n) is 12.3. The van der Waals surface area contributed by atoms with Gasteiger partial charge in [0.2, 0.25) is 11.5 Å². The Morgan fingerprint density at radius 1 is 0.872 bits per heavy atom. The molecular formula is C29H24Cl2N4O4. The Morgan fingerprint density at radius 3 is 1.97 bits per heavy atom. The number of benzene rings is 3. The molecule has 8 nitrogen and oxygen atoms in total. The molecule has 2 heterocycles. The summed E-state index contributed by atoms with van der Waals surface area (Å²) in [5.74, 6) is -0.602. The van der Waals surface area contributed by atoms with Crippen LogP contribution in [0.1, 0.15) is 39.0 Å². The van der Waals surface area contributed by atoms with Crippen molar-refractivity contribution in [2.45, 2.75) is 6.04 Å². The first-order chi connectivity index (χ1) is 18.9. The Balaban J connectivity index is 1.34. The summed E-state index contributed by atoms with van der Waals surface area (Å²) in [7, 11) is 0. The van der Waals surface area contributed by atoms with Gasteiger partial charge in [-0.2, -0.15) is 0 Å². The topological polar surface area (TPSA) is 92.7 Å². The number of nitro groups is 1. The zero-order valence-electron chi connectivity index (χ0n) is 20.7. The third-order valence-electron chi connectivity index (χ3n) is 6.64. The number of nitrogens with zero attached hydrogens (tertiary/aromatic N) is 4. The van der Waals surface area contributed by atoms with Crippen LogP contribution in [0.3, 0.4) is 0 Å². The maximum atomic E-state index is 13.3. The molecule has 0 spiro atoms. The monoisotopic (exact) mass is 562 g/mol. The maximum absolute atomic E-state index is 13.3. The fourth-order valence-electron chi connectivity index (χ4n) is 4.70. The van der Waals surface area contributed by atoms with Gasteiger partial charge in [-0.1, -0.05) is 89.0 Å². The first kappa shape index (κ1) is 26.6. The summed E-state index contributed by atoms with van der Waals surface area (Å²) >= 11 is 12.3. The molecule has 0 radical (unpaired) electrons. The van der Waals surface area contributed by atoms with Crippen molar-refractivity contribution in [2.75, 3.05) is 26.2 Å². The van der Waals surface area contributed by atoms with Crippen LogP contribution in [-0.2, 0) is 0 Å². The van der Waals surface area contributed by atoms with Gasteiger partial charge in [0, 0.05) is 36.2 Å². The van der Waals surface area contributed by atoms with Gasteiger partial charge < -0.3 is 9.42 Å². The van der Waals surface area contributed by atoms with Crippen molar-refractivity contribution < 1.29 is 14.2 Å². The van der Waals surface area contributed by atoms with Crippen LogP contribution in [0.4, 0.5) is 5.69 Å². The molecule has 0 atom stereocenters. The fraction of sp³-hybridized carbons (Fsp3) is 0.172. The van der Waals surface area contributed by atoms with Crippen LogP contribution in [0.25, 0.3) is 12.2 Å². The summed E-state index contributed by atoms with van der Waals surface area (Å²) in [5, 5.41) is 17.0. The molecule has 5 rings (SSSR count). The van der Waals surface area contributed by atoms with Gasteiger partial charge in [0.1, 0.15) is 0 Å². The number of aromatic nitrogens is 1. The summed E-state index contributed by atoms with van der Waals surface area (Å²) < 4.78 is 5.23. The molecule has 1 aliphatic heterocycles. The quantitative estimate of drug-likeness (QED) is 0.186. The highest BCUT2D eigenvalue weighted by Gasteiger charge is 2.35. The number of amides is 1. The Labute approximate surface area is 235 Å². The van der Waals surface area contributed by atoms with E-state index in [4.69, 9.17) is 27.7 Å². The van der Waals surface area contributed by atoms with Gasteiger partial charge in [0.05, 0.1) is 11.0 Å². The highest BCUT2D eigenvalue weighted by molar-refractivity contribution is 6.30. The molecule has 0 N–H and O–H groups in total. The molecule has 0 saturated carbocycles. The Morgan fingerprint density at radius 2 is 1.44 bits per heavy atom. The highest BCUT2D eigenvalue weighted by atomic mass is 35.5. The van der Waals surface area contributed by atoms with E-state index in [0.717, 1.165) is 16.7 Å². The van der Waals surface area contributed by atoms with Gasteiger partial charge >= 0.3 is 5.69 Å². The van der Waals surface area contributed by atoms with Gasteiger partial charge in [-0.05, 0) is 47.0 Å². The van der Waals surface area contributed by atoms with Crippen molar-refractivity contribution in [3.05, 3.63) is 127 Å². The molecule has 10 heteroatoms. The van der Waals surface area contributed by atoms with Crippen molar-refractivity contribution in [3.8, 4) is 0 Å². The minimum absolute atomic E-state index is 0.0728. The lowest BCUT2D eigenvalue weighted by Gasteiger charge is -2.39. The molecule has 0 unspecified atom stereocenters. The van der Waals surface area contributed by atoms with Crippen LogP contribution in [0.15, 0.2) is 83.4 Å². The summed E-state index contributed by atoms with van der Waals surface area (Å²) in [4.78, 5) is 28.4. The molecule has 0 bridgehead atoms. The zero-order chi connectivity index (χ0) is 27.4. The lowest BCUT2D eigenvalue weighted by Crippen LogP contribution is -2.50.